The second-order valence-corrected chi connectivity index (χ2v) is 3.28. The lowest BCUT2D eigenvalue weighted by molar-refractivity contribution is -0.210. The molecular formula is C8H18O5S. The molecular weight excluding hydrogens is 208 g/mol. The highest BCUT2D eigenvalue weighted by Crippen LogP contribution is 2.19. The van der Waals surface area contributed by atoms with E-state index >= 15 is 0 Å². The fourth-order valence-electron chi connectivity index (χ4n) is 1.22. The molecule has 0 saturated carbocycles. The second-order valence-electron chi connectivity index (χ2n) is 2.91. The van der Waals surface area contributed by atoms with Gasteiger partial charge in [-0.25, -0.2) is 0 Å². The molecule has 0 amide bonds. The minimum absolute atomic E-state index is 0.0586. The van der Waals surface area contributed by atoms with E-state index in [2.05, 4.69) is 0 Å². The molecule has 86 valence electrons. The van der Waals surface area contributed by atoms with Gasteiger partial charge in [0.1, 0.15) is 0 Å². The minimum Gasteiger partial charge on any atom is -0.394 e. The zero-order chi connectivity index (χ0) is 11.0. The lowest BCUT2D eigenvalue weighted by atomic mass is 10.1. The Labute approximate surface area is 88.2 Å². The summed E-state index contributed by atoms with van der Waals surface area (Å²) in [6.07, 6.45) is 1.54. The van der Waals surface area contributed by atoms with Crippen LogP contribution < -0.4 is 0 Å². The zero-order valence-corrected chi connectivity index (χ0v) is 9.24. The van der Waals surface area contributed by atoms with Crippen molar-refractivity contribution in [2.45, 2.75) is 31.3 Å². The first-order valence-electron chi connectivity index (χ1n) is 4.32. The largest absolute Gasteiger partial charge is 0.394 e. The maximum atomic E-state index is 9.24. The van der Waals surface area contributed by atoms with Crippen molar-refractivity contribution in [1.29, 1.82) is 0 Å². The number of hydrogen-bond donors (Lipinski definition) is 3. The predicted octanol–water partition coefficient (Wildman–Crippen LogP) is 0.314. The Morgan fingerprint density at radius 3 is 2.50 bits per heavy atom. The van der Waals surface area contributed by atoms with Gasteiger partial charge in [-0.1, -0.05) is 0 Å². The molecule has 0 radical (unpaired) electrons. The summed E-state index contributed by atoms with van der Waals surface area (Å²) in [4.78, 5) is 0. The molecule has 0 aromatic rings. The first-order chi connectivity index (χ1) is 6.67. The van der Waals surface area contributed by atoms with Gasteiger partial charge in [0.2, 0.25) is 0 Å². The molecule has 0 bridgehead atoms. The van der Waals surface area contributed by atoms with E-state index in [9.17, 15) is 5.11 Å². The molecule has 1 aliphatic heterocycles. The molecule has 6 heteroatoms. The molecule has 14 heavy (non-hydrogen) atoms. The molecule has 3 unspecified atom stereocenters. The van der Waals surface area contributed by atoms with Crippen molar-refractivity contribution < 1.29 is 24.2 Å². The Morgan fingerprint density at radius 2 is 2.07 bits per heavy atom. The van der Waals surface area contributed by atoms with Crippen molar-refractivity contribution in [3.8, 4) is 0 Å². The number of aliphatic hydroxyl groups excluding tert-OH is 2. The van der Waals surface area contributed by atoms with Gasteiger partial charge in [-0.3, -0.25) is 0 Å². The van der Waals surface area contributed by atoms with E-state index < -0.39 is 6.10 Å². The van der Waals surface area contributed by atoms with Crippen molar-refractivity contribution in [3.05, 3.63) is 0 Å². The summed E-state index contributed by atoms with van der Waals surface area (Å²) in [6, 6.07) is 0. The lowest BCUT2D eigenvalue weighted by Gasteiger charge is -2.30. The standard InChI is InChI=1S/C7H14O4.CH4OS/c1-10-7-3-5(9)2-6(4-8)11-7;1-3-2/h5-9H,2-4H2,1H3;2H,1H3. The molecule has 5 nitrogen and oxygen atoms in total. The van der Waals surface area contributed by atoms with Gasteiger partial charge in [0.25, 0.3) is 0 Å². The van der Waals surface area contributed by atoms with Crippen LogP contribution in [0.3, 0.4) is 0 Å². The second kappa shape index (κ2) is 8.46. The van der Waals surface area contributed by atoms with Crippen LogP contribution in [0.5, 0.6) is 0 Å². The molecule has 0 aliphatic carbocycles. The van der Waals surface area contributed by atoms with Crippen LogP contribution in [0, 0.1) is 0 Å². The number of methoxy groups -OCH3 is 1. The van der Waals surface area contributed by atoms with E-state index in [0.717, 1.165) is 12.0 Å². The topological polar surface area (TPSA) is 79.2 Å². The van der Waals surface area contributed by atoms with Gasteiger partial charge in [0.05, 0.1) is 18.8 Å². The van der Waals surface area contributed by atoms with Crippen molar-refractivity contribution in [2.75, 3.05) is 20.0 Å². The van der Waals surface area contributed by atoms with E-state index in [1.165, 1.54) is 7.11 Å². The third kappa shape index (κ3) is 5.79. The van der Waals surface area contributed by atoms with E-state index in [-0.39, 0.29) is 19.0 Å². The smallest absolute Gasteiger partial charge is 0.160 e. The van der Waals surface area contributed by atoms with Crippen LogP contribution in [0.2, 0.25) is 0 Å². The zero-order valence-electron chi connectivity index (χ0n) is 8.42. The maximum Gasteiger partial charge on any atom is 0.160 e. The van der Waals surface area contributed by atoms with Gasteiger partial charge in [0.15, 0.2) is 6.29 Å². The van der Waals surface area contributed by atoms with Gasteiger partial charge in [-0.15, -0.1) is 0 Å². The molecule has 3 atom stereocenters. The maximum absolute atomic E-state index is 9.24. The Hall–Kier alpha value is 0.150. The average molecular weight is 226 g/mol. The van der Waals surface area contributed by atoms with Crippen LogP contribution in [0.4, 0.5) is 0 Å². The van der Waals surface area contributed by atoms with E-state index in [1.54, 1.807) is 6.26 Å². The molecule has 1 heterocycles. The van der Waals surface area contributed by atoms with Crippen LogP contribution in [-0.2, 0) is 9.47 Å². The monoisotopic (exact) mass is 226 g/mol. The number of aliphatic hydroxyl groups is 2. The van der Waals surface area contributed by atoms with Gasteiger partial charge >= 0.3 is 0 Å². The highest BCUT2D eigenvalue weighted by atomic mass is 32.2. The third-order valence-electron chi connectivity index (χ3n) is 1.81. The van der Waals surface area contributed by atoms with Crippen LogP contribution in [-0.4, -0.2) is 53.2 Å². The van der Waals surface area contributed by atoms with Crippen LogP contribution in [0.1, 0.15) is 12.8 Å². The molecule has 3 N–H and O–H groups in total. The summed E-state index contributed by atoms with van der Waals surface area (Å²) >= 11 is 0.750. The first kappa shape index (κ1) is 14.2. The predicted molar refractivity (Wildman–Crippen MR) is 54.1 cm³/mol. The fraction of sp³-hybridized carbons (Fsp3) is 1.00. The Kier molecular flexibility index (Phi) is 8.55. The molecule has 1 aliphatic rings. The number of ether oxygens (including phenoxy) is 2. The van der Waals surface area contributed by atoms with Crippen LogP contribution in [0.25, 0.3) is 0 Å². The van der Waals surface area contributed by atoms with Crippen molar-refractivity contribution in [3.63, 3.8) is 0 Å². The van der Waals surface area contributed by atoms with Gasteiger partial charge in [-0.2, -0.15) is 0 Å². The van der Waals surface area contributed by atoms with Crippen molar-refractivity contribution in [2.24, 2.45) is 0 Å². The number of hydrogen-bond acceptors (Lipinski definition) is 6. The number of rotatable bonds is 2. The molecule has 0 aromatic carbocycles. The highest BCUT2D eigenvalue weighted by molar-refractivity contribution is 7.93. The third-order valence-corrected chi connectivity index (χ3v) is 1.81. The molecule has 0 spiro atoms. The van der Waals surface area contributed by atoms with Gasteiger partial charge in [0, 0.05) is 26.2 Å². The van der Waals surface area contributed by atoms with E-state index in [1.807, 2.05) is 0 Å². The Morgan fingerprint density at radius 1 is 1.50 bits per heavy atom. The highest BCUT2D eigenvalue weighted by Gasteiger charge is 2.27. The van der Waals surface area contributed by atoms with Crippen molar-refractivity contribution >= 4 is 12.0 Å². The van der Waals surface area contributed by atoms with E-state index in [0.29, 0.717) is 12.8 Å². The molecule has 1 fully saturated rings. The van der Waals surface area contributed by atoms with Gasteiger partial charge < -0.3 is 24.2 Å². The summed E-state index contributed by atoms with van der Waals surface area (Å²) in [6.45, 7) is -0.0586. The Bertz CT molecular complexity index is 123. The normalized spacial score (nSPS) is 31.9. The first-order valence-corrected chi connectivity index (χ1v) is 5.50. The molecule has 0 aromatic heterocycles. The van der Waals surface area contributed by atoms with Crippen LogP contribution >= 0.6 is 12.0 Å². The van der Waals surface area contributed by atoms with E-state index in [4.69, 9.17) is 19.1 Å². The van der Waals surface area contributed by atoms with Crippen LogP contribution in [0.15, 0.2) is 0 Å². The fourth-order valence-corrected chi connectivity index (χ4v) is 1.22. The van der Waals surface area contributed by atoms with Crippen molar-refractivity contribution in [1.82, 2.24) is 0 Å². The molecule has 1 saturated heterocycles. The lowest BCUT2D eigenvalue weighted by Crippen LogP contribution is -2.38. The summed E-state index contributed by atoms with van der Waals surface area (Å²) in [5.41, 5.74) is 0. The average Bonchev–Trinajstić information content (AvgIpc) is 2.18. The van der Waals surface area contributed by atoms with Gasteiger partial charge in [-0.05, 0) is 12.0 Å². The summed E-state index contributed by atoms with van der Waals surface area (Å²) in [5.74, 6) is 0. The Balaban J connectivity index is 0.000000500. The molecule has 1 rings (SSSR count). The summed E-state index contributed by atoms with van der Waals surface area (Å²) in [7, 11) is 1.52. The summed E-state index contributed by atoms with van der Waals surface area (Å²) < 4.78 is 17.6. The minimum atomic E-state index is -0.411. The quantitative estimate of drug-likeness (QED) is 0.588. The SMILES string of the molecule is COC1CC(O)CC(CO)O1.CSO. The summed E-state index contributed by atoms with van der Waals surface area (Å²) in [5, 5.41) is 18.0.